The fourth-order valence-electron chi connectivity index (χ4n) is 5.09. The summed E-state index contributed by atoms with van der Waals surface area (Å²) in [6.07, 6.45) is 3.77. The van der Waals surface area contributed by atoms with Gasteiger partial charge in [0.25, 0.3) is 0 Å². The van der Waals surface area contributed by atoms with Crippen molar-refractivity contribution < 1.29 is 9.53 Å². The van der Waals surface area contributed by atoms with E-state index in [1.807, 2.05) is 66.4 Å². The smallest absolute Gasteiger partial charge is 0.407 e. The lowest BCUT2D eigenvalue weighted by atomic mass is 10.0. The van der Waals surface area contributed by atoms with E-state index in [-0.39, 0.29) is 0 Å². The number of rotatable bonds is 7. The molecule has 0 radical (unpaired) electrons. The van der Waals surface area contributed by atoms with Crippen molar-refractivity contribution in [3.63, 3.8) is 0 Å². The van der Waals surface area contributed by atoms with Gasteiger partial charge in [0.1, 0.15) is 17.4 Å². The minimum absolute atomic E-state index is 0.402. The highest BCUT2D eigenvalue weighted by molar-refractivity contribution is 5.95. The highest BCUT2D eigenvalue weighted by Crippen LogP contribution is 2.36. The van der Waals surface area contributed by atoms with E-state index < -0.39 is 11.7 Å². The number of carbonyl (C=O) groups is 1. The molecule has 3 heterocycles. The Kier molecular flexibility index (Phi) is 7.08. The summed E-state index contributed by atoms with van der Waals surface area (Å²) in [7, 11) is 0. The predicted octanol–water partition coefficient (Wildman–Crippen LogP) is 6.11. The van der Waals surface area contributed by atoms with Crippen LogP contribution in [0.2, 0.25) is 0 Å². The van der Waals surface area contributed by atoms with Crippen molar-refractivity contribution in [3.8, 4) is 22.4 Å². The van der Waals surface area contributed by atoms with Crippen molar-refractivity contribution in [2.24, 2.45) is 0 Å². The molecule has 6 aromatic rings. The molecular weight excluding hydrogens is 526 g/mol. The monoisotopic (exact) mass is 559 g/mol. The minimum Gasteiger partial charge on any atom is -0.444 e. The van der Waals surface area contributed by atoms with Crippen LogP contribution < -0.4 is 11.1 Å². The van der Waals surface area contributed by atoms with Gasteiger partial charge in [-0.3, -0.25) is 4.68 Å². The van der Waals surface area contributed by atoms with Crippen LogP contribution in [0, 0.1) is 0 Å². The zero-order chi connectivity index (χ0) is 29.3. The second-order valence-electron chi connectivity index (χ2n) is 11.3. The second kappa shape index (κ2) is 11.0. The molecule has 3 N–H and O–H groups in total. The molecule has 42 heavy (non-hydrogen) atoms. The average Bonchev–Trinajstić information content (AvgIpc) is 3.54. The van der Waals surface area contributed by atoms with Gasteiger partial charge in [0.15, 0.2) is 5.82 Å². The lowest BCUT2D eigenvalue weighted by Gasteiger charge is -2.19. The Labute approximate surface area is 244 Å². The summed E-state index contributed by atoms with van der Waals surface area (Å²) in [5.74, 6) is 0.402. The van der Waals surface area contributed by atoms with Crippen molar-refractivity contribution in [3.05, 3.63) is 103 Å². The first-order chi connectivity index (χ1) is 20.2. The van der Waals surface area contributed by atoms with Gasteiger partial charge in [0.05, 0.1) is 17.8 Å². The van der Waals surface area contributed by atoms with Crippen LogP contribution in [0.4, 0.5) is 10.6 Å². The van der Waals surface area contributed by atoms with Crippen molar-refractivity contribution in [2.75, 3.05) is 12.3 Å². The molecular formula is C33H33N7O2. The zero-order valence-electron chi connectivity index (χ0n) is 23.9. The van der Waals surface area contributed by atoms with Gasteiger partial charge in [-0.2, -0.15) is 10.2 Å². The lowest BCUT2D eigenvalue weighted by Crippen LogP contribution is -2.33. The number of amides is 1. The molecule has 0 fully saturated rings. The molecule has 0 aliphatic heterocycles. The first kappa shape index (κ1) is 27.0. The number of anilines is 1. The van der Waals surface area contributed by atoms with Gasteiger partial charge in [-0.25, -0.2) is 14.3 Å². The maximum absolute atomic E-state index is 12.1. The Hall–Kier alpha value is -5.18. The lowest BCUT2D eigenvalue weighted by molar-refractivity contribution is 0.0528. The fraction of sp³-hybridized carbons (Fsp3) is 0.212. The summed E-state index contributed by atoms with van der Waals surface area (Å²) in [6.45, 7) is 6.70. The Bertz CT molecular complexity index is 1880. The molecule has 0 unspecified atom stereocenters. The third-order valence-electron chi connectivity index (χ3n) is 6.94. The molecule has 9 nitrogen and oxygen atoms in total. The number of nitrogens with one attached hydrogen (secondary N) is 1. The summed E-state index contributed by atoms with van der Waals surface area (Å²) in [5, 5.41) is 13.3. The molecule has 0 aliphatic carbocycles. The summed E-state index contributed by atoms with van der Waals surface area (Å²) < 4.78 is 9.15. The summed E-state index contributed by atoms with van der Waals surface area (Å²) >= 11 is 0. The van der Waals surface area contributed by atoms with Crippen LogP contribution >= 0.6 is 0 Å². The molecule has 6 rings (SSSR count). The molecule has 0 spiro atoms. The van der Waals surface area contributed by atoms with Gasteiger partial charge >= 0.3 is 6.09 Å². The number of benzene rings is 3. The van der Waals surface area contributed by atoms with Gasteiger partial charge in [0, 0.05) is 29.3 Å². The highest BCUT2D eigenvalue weighted by atomic mass is 16.6. The molecule has 3 aromatic heterocycles. The molecule has 0 saturated carbocycles. The average molecular weight is 560 g/mol. The van der Waals surface area contributed by atoms with Crippen LogP contribution in [0.3, 0.4) is 0 Å². The summed E-state index contributed by atoms with van der Waals surface area (Å²) in [6, 6.07) is 26.8. The third kappa shape index (κ3) is 5.81. The number of hydrogen-bond donors (Lipinski definition) is 2. The number of nitrogens with zero attached hydrogens (tertiary/aromatic N) is 5. The van der Waals surface area contributed by atoms with Gasteiger partial charge in [0.2, 0.25) is 0 Å². The van der Waals surface area contributed by atoms with E-state index in [9.17, 15) is 4.79 Å². The maximum atomic E-state index is 12.1. The molecule has 3 aromatic carbocycles. The molecule has 0 aliphatic rings. The summed E-state index contributed by atoms with van der Waals surface area (Å²) in [4.78, 5) is 16.3. The van der Waals surface area contributed by atoms with Gasteiger partial charge in [-0.15, -0.1) is 0 Å². The number of carbonyl (C=O) groups excluding carboxylic acids is 1. The van der Waals surface area contributed by atoms with E-state index in [4.69, 9.17) is 15.6 Å². The van der Waals surface area contributed by atoms with E-state index in [1.54, 1.807) is 0 Å². The Morgan fingerprint density at radius 2 is 1.76 bits per heavy atom. The van der Waals surface area contributed by atoms with Crippen LogP contribution in [-0.2, 0) is 17.7 Å². The number of hydrogen-bond acceptors (Lipinski definition) is 6. The molecule has 212 valence electrons. The van der Waals surface area contributed by atoms with Gasteiger partial charge < -0.3 is 15.8 Å². The maximum Gasteiger partial charge on any atom is 0.407 e. The number of aromatic nitrogens is 5. The first-order valence-corrected chi connectivity index (χ1v) is 13.9. The topological polar surface area (TPSA) is 112 Å². The van der Waals surface area contributed by atoms with Crippen LogP contribution in [0.15, 0.2) is 91.4 Å². The molecule has 1 amide bonds. The number of fused-ring (bicyclic) bond motifs is 2. The SMILES string of the molecule is CC(C)(C)OC(=O)NCCc1cccc(-c2cc(-c3ccc4cn(Cc5ccccc5)nc4c3)c3c(N)ncnn23)c1. The second-order valence-corrected chi connectivity index (χ2v) is 11.3. The van der Waals surface area contributed by atoms with Crippen molar-refractivity contribution in [2.45, 2.75) is 39.3 Å². The van der Waals surface area contributed by atoms with Gasteiger partial charge in [-0.1, -0.05) is 60.7 Å². The van der Waals surface area contributed by atoms with E-state index in [2.05, 4.69) is 64.1 Å². The zero-order valence-corrected chi connectivity index (χ0v) is 23.9. The molecule has 0 bridgehead atoms. The van der Waals surface area contributed by atoms with E-state index in [1.165, 1.54) is 11.9 Å². The Morgan fingerprint density at radius 1 is 0.952 bits per heavy atom. The number of nitrogen functional groups attached to an aromatic ring is 1. The minimum atomic E-state index is -0.534. The third-order valence-corrected chi connectivity index (χ3v) is 6.94. The van der Waals surface area contributed by atoms with Gasteiger partial charge in [-0.05, 0) is 62.1 Å². The van der Waals surface area contributed by atoms with E-state index in [0.29, 0.717) is 25.3 Å². The number of alkyl carbamates (subject to hydrolysis) is 1. The van der Waals surface area contributed by atoms with Crippen LogP contribution in [0.5, 0.6) is 0 Å². The Morgan fingerprint density at radius 3 is 2.57 bits per heavy atom. The highest BCUT2D eigenvalue weighted by Gasteiger charge is 2.18. The quantitative estimate of drug-likeness (QED) is 0.244. The summed E-state index contributed by atoms with van der Waals surface area (Å²) in [5.41, 5.74) is 13.6. The normalized spacial score (nSPS) is 11.7. The van der Waals surface area contributed by atoms with Crippen molar-refractivity contribution in [1.82, 2.24) is 29.7 Å². The number of nitrogens with two attached hydrogens (primary N) is 1. The van der Waals surface area contributed by atoms with Crippen LogP contribution in [0.1, 0.15) is 31.9 Å². The molecule has 9 heteroatoms. The van der Waals surface area contributed by atoms with E-state index in [0.717, 1.165) is 44.4 Å². The molecule has 0 atom stereocenters. The van der Waals surface area contributed by atoms with Crippen molar-refractivity contribution >= 4 is 28.3 Å². The van der Waals surface area contributed by atoms with Crippen LogP contribution in [-0.4, -0.2) is 42.6 Å². The largest absolute Gasteiger partial charge is 0.444 e. The predicted molar refractivity (Wildman–Crippen MR) is 165 cm³/mol. The molecule has 0 saturated heterocycles. The first-order valence-electron chi connectivity index (χ1n) is 13.9. The van der Waals surface area contributed by atoms with Crippen LogP contribution in [0.25, 0.3) is 38.8 Å². The standard InChI is InChI=1S/C33H33N7O2/c1-33(2,3)42-32(41)35-15-14-22-10-7-11-25(16-22)29-18-27(30-31(34)36-21-37-40(29)30)24-12-13-26-20-39(38-28(26)17-24)19-23-8-5-4-6-9-23/h4-13,16-18,20-21H,14-15,19H2,1-3H3,(H,35,41)(H2,34,36,37). The van der Waals surface area contributed by atoms with Crippen molar-refractivity contribution in [1.29, 1.82) is 0 Å². The fourth-order valence-corrected chi connectivity index (χ4v) is 5.09. The van der Waals surface area contributed by atoms with E-state index >= 15 is 0 Å². The number of ether oxygens (including phenoxy) is 1. The Balaban J connectivity index is 1.30.